The molecule has 236 valence electrons. The number of benzene rings is 2. The molecular weight excluding hydrogens is 554 g/mol. The number of rotatable bonds is 18. The lowest BCUT2D eigenvalue weighted by atomic mass is 9.60. The summed E-state index contributed by atoms with van der Waals surface area (Å²) >= 11 is 0. The first kappa shape index (κ1) is 34.4. The average Bonchev–Trinajstić information content (AvgIpc) is 3.55. The molecule has 0 bridgehead atoms. The summed E-state index contributed by atoms with van der Waals surface area (Å²) < 4.78 is 1.70. The molecule has 3 atom stereocenters. The Morgan fingerprint density at radius 3 is 2.23 bits per heavy atom. The zero-order chi connectivity index (χ0) is 32.0. The van der Waals surface area contributed by atoms with Crippen LogP contribution in [0, 0.1) is 29.1 Å². The Kier molecular flexibility index (Phi) is 13.5. The lowest BCUT2D eigenvalue weighted by Gasteiger charge is -2.42. The van der Waals surface area contributed by atoms with E-state index in [1.54, 1.807) is 23.3 Å². The minimum atomic E-state index is -1.39. The molecule has 2 aromatic carbocycles. The number of hydrazine groups is 1. The Morgan fingerprint density at radius 2 is 1.66 bits per heavy atom. The maximum absolute atomic E-state index is 14.8. The third kappa shape index (κ3) is 9.46. The quantitative estimate of drug-likeness (QED) is 0.100. The molecule has 0 spiro atoms. The normalized spacial score (nSPS) is 14.3. The molecule has 0 saturated carbocycles. The molecule has 2 amide bonds. The van der Waals surface area contributed by atoms with Crippen molar-refractivity contribution in [2.75, 3.05) is 0 Å². The highest BCUT2D eigenvalue weighted by Gasteiger charge is 2.53. The summed E-state index contributed by atoms with van der Waals surface area (Å²) in [6.45, 7) is 8.22. The van der Waals surface area contributed by atoms with Gasteiger partial charge in [0.25, 0.3) is 0 Å². The molecule has 0 aliphatic carbocycles. The first-order valence-corrected chi connectivity index (χ1v) is 15.4. The van der Waals surface area contributed by atoms with Crippen LogP contribution >= 0.6 is 0 Å². The van der Waals surface area contributed by atoms with Gasteiger partial charge in [0.2, 0.25) is 11.8 Å². The van der Waals surface area contributed by atoms with Gasteiger partial charge in [0.15, 0.2) is 5.78 Å². The van der Waals surface area contributed by atoms with Gasteiger partial charge in [-0.3, -0.25) is 24.6 Å². The number of aromatic nitrogens is 2. The molecule has 1 unspecified atom stereocenters. The van der Waals surface area contributed by atoms with E-state index in [1.807, 2.05) is 86.7 Å². The largest absolute Gasteiger partial charge is 0.330 e. The highest BCUT2D eigenvalue weighted by atomic mass is 16.6. The van der Waals surface area contributed by atoms with Gasteiger partial charge in [0, 0.05) is 12.4 Å². The number of Topliss-reactive ketones (excluding diaryl/α,β-unsaturated/α-hetero) is 1. The summed E-state index contributed by atoms with van der Waals surface area (Å²) in [6.07, 6.45) is 10.9. The lowest BCUT2D eigenvalue weighted by molar-refractivity contribution is -0.155. The van der Waals surface area contributed by atoms with Crippen molar-refractivity contribution in [3.05, 3.63) is 96.6 Å². The van der Waals surface area contributed by atoms with Crippen LogP contribution in [0.1, 0.15) is 64.5 Å². The summed E-state index contributed by atoms with van der Waals surface area (Å²) in [7, 11) is 0. The second kappa shape index (κ2) is 17.3. The van der Waals surface area contributed by atoms with Gasteiger partial charge >= 0.3 is 0 Å². The Hall–Kier alpha value is -4.08. The summed E-state index contributed by atoms with van der Waals surface area (Å²) in [5.74, 6) is 2.58. The van der Waals surface area contributed by atoms with Crippen molar-refractivity contribution in [3.8, 4) is 0 Å². The summed E-state index contributed by atoms with van der Waals surface area (Å²) in [5, 5.41) is 0. The lowest BCUT2D eigenvalue weighted by Crippen LogP contribution is -2.54. The number of carbonyl (C=O) groups is 3. The van der Waals surface area contributed by atoms with Gasteiger partial charge in [-0.15, -0.1) is 0 Å². The van der Waals surface area contributed by atoms with Crippen LogP contribution in [-0.2, 0) is 32.4 Å². The van der Waals surface area contributed by atoms with E-state index in [2.05, 4.69) is 29.7 Å². The molecule has 3 aromatic rings. The molecule has 9 heteroatoms. The van der Waals surface area contributed by atoms with E-state index in [-0.39, 0.29) is 30.8 Å². The van der Waals surface area contributed by atoms with Crippen molar-refractivity contribution in [1.82, 2.24) is 20.5 Å². The van der Waals surface area contributed by atoms with E-state index < -0.39 is 29.1 Å². The zero-order valence-electron chi connectivity index (χ0n) is 26.3. The number of nitrogens with two attached hydrogens (primary N) is 1. The van der Waals surface area contributed by atoms with Crippen LogP contribution in [-0.4, -0.2) is 27.1 Å². The molecule has 4 N–H and O–H groups in total. The third-order valence-electron chi connectivity index (χ3n) is 8.26. The fourth-order valence-corrected chi connectivity index (χ4v) is 5.85. The van der Waals surface area contributed by atoms with E-state index >= 15 is 0 Å². The SMILES string of the molecule is CCC(CC)CC(/C=C/c1ccccc1)(C(=O)Cn1ccnc1)[C@@H](C(=O)NOCc1ccccc1)[C@@H](CC(C)C)C(=O)NN. The topological polar surface area (TPSA) is 128 Å². The van der Waals surface area contributed by atoms with Gasteiger partial charge in [-0.2, -0.15) is 0 Å². The molecular formula is C35H47N5O4. The van der Waals surface area contributed by atoms with E-state index in [0.717, 1.165) is 24.0 Å². The predicted octanol–water partition coefficient (Wildman–Crippen LogP) is 5.49. The van der Waals surface area contributed by atoms with Crippen LogP contribution in [0.3, 0.4) is 0 Å². The van der Waals surface area contributed by atoms with E-state index in [1.165, 1.54) is 0 Å². The van der Waals surface area contributed by atoms with Crippen LogP contribution in [0.25, 0.3) is 6.08 Å². The molecule has 44 heavy (non-hydrogen) atoms. The molecule has 1 heterocycles. The predicted molar refractivity (Wildman–Crippen MR) is 172 cm³/mol. The number of nitrogens with one attached hydrogen (secondary N) is 2. The van der Waals surface area contributed by atoms with Crippen molar-refractivity contribution in [3.63, 3.8) is 0 Å². The van der Waals surface area contributed by atoms with Crippen LogP contribution < -0.4 is 16.7 Å². The molecule has 0 aliphatic heterocycles. The molecule has 0 aliphatic rings. The van der Waals surface area contributed by atoms with E-state index in [4.69, 9.17) is 10.7 Å². The maximum atomic E-state index is 14.8. The Bertz CT molecular complexity index is 1320. The minimum absolute atomic E-state index is 0.0213. The van der Waals surface area contributed by atoms with Crippen molar-refractivity contribution >= 4 is 23.7 Å². The molecule has 3 rings (SSSR count). The number of imidazole rings is 1. The van der Waals surface area contributed by atoms with Crippen LogP contribution in [0.2, 0.25) is 0 Å². The van der Waals surface area contributed by atoms with Crippen molar-refractivity contribution in [2.45, 2.75) is 66.5 Å². The van der Waals surface area contributed by atoms with Crippen LogP contribution in [0.15, 0.2) is 85.5 Å². The summed E-state index contributed by atoms with van der Waals surface area (Å²) in [5.41, 5.74) is 5.27. The monoisotopic (exact) mass is 601 g/mol. The van der Waals surface area contributed by atoms with Crippen molar-refractivity contribution in [1.29, 1.82) is 0 Å². The molecule has 0 fully saturated rings. The van der Waals surface area contributed by atoms with E-state index in [0.29, 0.717) is 12.8 Å². The maximum Gasteiger partial charge on any atom is 0.248 e. The number of nitrogens with zero attached hydrogens (tertiary/aromatic N) is 2. The molecule has 1 aromatic heterocycles. The minimum Gasteiger partial charge on any atom is -0.330 e. The summed E-state index contributed by atoms with van der Waals surface area (Å²) in [4.78, 5) is 52.6. The second-order valence-corrected chi connectivity index (χ2v) is 11.8. The van der Waals surface area contributed by atoms with Gasteiger partial charge in [-0.25, -0.2) is 16.3 Å². The third-order valence-corrected chi connectivity index (χ3v) is 8.26. The second-order valence-electron chi connectivity index (χ2n) is 11.8. The number of hydrogen-bond acceptors (Lipinski definition) is 6. The van der Waals surface area contributed by atoms with Gasteiger partial charge in [-0.05, 0) is 35.8 Å². The molecule has 0 radical (unpaired) electrons. The van der Waals surface area contributed by atoms with E-state index in [9.17, 15) is 14.4 Å². The number of hydrogen-bond donors (Lipinski definition) is 3. The number of carbonyl (C=O) groups excluding carboxylic acids is 3. The summed E-state index contributed by atoms with van der Waals surface area (Å²) in [6, 6.07) is 19.1. The van der Waals surface area contributed by atoms with Crippen molar-refractivity contribution < 1.29 is 19.2 Å². The Labute approximate surface area is 261 Å². The highest BCUT2D eigenvalue weighted by Crippen LogP contribution is 2.46. The number of amides is 2. The van der Waals surface area contributed by atoms with Gasteiger partial charge in [0.05, 0.1) is 36.7 Å². The first-order valence-electron chi connectivity index (χ1n) is 15.4. The van der Waals surface area contributed by atoms with Crippen molar-refractivity contribution in [2.24, 2.45) is 34.9 Å². The number of ketones is 1. The fourth-order valence-electron chi connectivity index (χ4n) is 5.85. The smallest absolute Gasteiger partial charge is 0.248 e. The Balaban J connectivity index is 2.22. The standard InChI is InChI=1S/C35H47N5O4/c1-5-27(6-2)22-35(18-17-28-13-9-7-10-14-28,31(41)23-40-20-19-37-25-40)32(30(21-26(3)4)33(42)38-36)34(43)39-44-24-29-15-11-8-12-16-29/h7-20,25-27,30,32H,5-6,21-24,36H2,1-4H3,(H,38,42)(H,39,43)/b18-17+/t30-,32-,35?/m1/s1. The van der Waals surface area contributed by atoms with Crippen LogP contribution in [0.4, 0.5) is 0 Å². The highest BCUT2D eigenvalue weighted by molar-refractivity contribution is 5.97. The van der Waals surface area contributed by atoms with Crippen LogP contribution in [0.5, 0.6) is 0 Å². The molecule has 0 saturated heterocycles. The zero-order valence-corrected chi connectivity index (χ0v) is 26.3. The van der Waals surface area contributed by atoms with Gasteiger partial charge < -0.3 is 4.57 Å². The first-order chi connectivity index (χ1) is 21.2. The fraction of sp³-hybridized carbons (Fsp3) is 0.429. The number of allylic oxidation sites excluding steroid dienone is 1. The van der Waals surface area contributed by atoms with Gasteiger partial charge in [-0.1, -0.05) is 113 Å². The Morgan fingerprint density at radius 1 is 1.00 bits per heavy atom. The number of hydroxylamine groups is 1. The molecule has 9 nitrogen and oxygen atoms in total. The average molecular weight is 602 g/mol. The van der Waals surface area contributed by atoms with Gasteiger partial charge in [0.1, 0.15) is 0 Å².